The number of para-hydroxylation sites is 1. The topological polar surface area (TPSA) is 94.7 Å². The molecule has 4 rings (SSSR count). The van der Waals surface area contributed by atoms with E-state index in [1.807, 2.05) is 0 Å². The molecule has 1 aromatic carbocycles. The number of fused-ring (bicyclic) bond motifs is 1. The number of H-pyrrole nitrogens is 1. The molecule has 29 heavy (non-hydrogen) atoms. The van der Waals surface area contributed by atoms with Gasteiger partial charge in [-0.05, 0) is 25.5 Å². The van der Waals surface area contributed by atoms with Gasteiger partial charge in [0.2, 0.25) is 12.4 Å². The molecule has 7 nitrogen and oxygen atoms in total. The minimum atomic E-state index is -4.61. The van der Waals surface area contributed by atoms with Crippen molar-refractivity contribution in [2.24, 2.45) is 0 Å². The molecule has 0 aliphatic carbocycles. The third-order valence-electron chi connectivity index (χ3n) is 4.91. The van der Waals surface area contributed by atoms with E-state index in [2.05, 4.69) is 30.9 Å². The van der Waals surface area contributed by atoms with Crippen LogP contribution in [0.3, 0.4) is 0 Å². The fourth-order valence-corrected chi connectivity index (χ4v) is 3.56. The second-order valence-electron chi connectivity index (χ2n) is 6.83. The number of amides is 1. The number of carbonyl (C=O) groups is 1. The lowest BCUT2D eigenvalue weighted by atomic mass is 10.0. The molecule has 0 saturated carbocycles. The minimum absolute atomic E-state index is 0.0553. The maximum Gasteiger partial charge on any atom is 0.419 e. The molecule has 1 amide bonds. The largest absolute Gasteiger partial charge is 0.419 e. The number of rotatable bonds is 5. The van der Waals surface area contributed by atoms with Crippen LogP contribution in [0.25, 0.3) is 22.2 Å². The molecule has 0 bridgehead atoms. The third kappa shape index (κ3) is 3.88. The van der Waals surface area contributed by atoms with Gasteiger partial charge in [-0.25, -0.2) is 9.97 Å². The second-order valence-corrected chi connectivity index (χ2v) is 6.83. The van der Waals surface area contributed by atoms with Crippen LogP contribution in [0.15, 0.2) is 30.6 Å². The zero-order valence-corrected chi connectivity index (χ0v) is 15.3. The molecule has 1 atom stereocenters. The van der Waals surface area contributed by atoms with E-state index in [4.69, 9.17) is 0 Å². The number of hydrogen-bond acceptors (Lipinski definition) is 5. The molecule has 1 fully saturated rings. The highest BCUT2D eigenvalue weighted by molar-refractivity contribution is 6.03. The van der Waals surface area contributed by atoms with Crippen LogP contribution >= 0.6 is 0 Å². The van der Waals surface area contributed by atoms with E-state index in [0.717, 1.165) is 25.6 Å². The summed E-state index contributed by atoms with van der Waals surface area (Å²) in [7, 11) is 0. The number of anilines is 2. The lowest BCUT2D eigenvalue weighted by molar-refractivity contribution is -0.137. The Morgan fingerprint density at radius 1 is 1.28 bits per heavy atom. The van der Waals surface area contributed by atoms with Gasteiger partial charge in [0, 0.05) is 35.9 Å². The number of carbonyl (C=O) groups excluding carboxylic acids is 1. The Morgan fingerprint density at radius 2 is 2.14 bits per heavy atom. The van der Waals surface area contributed by atoms with Gasteiger partial charge in [0.15, 0.2) is 0 Å². The zero-order chi connectivity index (χ0) is 20.4. The quantitative estimate of drug-likeness (QED) is 0.489. The third-order valence-corrected chi connectivity index (χ3v) is 4.91. The SMILES string of the molecule is O=CNc1cccc2c(-c3nc(NC4CCCNC4)ncc3C(F)(F)F)c[nH]c12. The van der Waals surface area contributed by atoms with Crippen LogP contribution in [0.2, 0.25) is 0 Å². The van der Waals surface area contributed by atoms with E-state index < -0.39 is 11.7 Å². The number of aromatic amines is 1. The summed E-state index contributed by atoms with van der Waals surface area (Å²) in [6.45, 7) is 1.62. The molecule has 4 N–H and O–H groups in total. The lowest BCUT2D eigenvalue weighted by Gasteiger charge is -2.24. The smallest absolute Gasteiger partial charge is 0.359 e. The summed E-state index contributed by atoms with van der Waals surface area (Å²) < 4.78 is 41.0. The molecule has 1 aliphatic rings. The Morgan fingerprint density at radius 3 is 2.86 bits per heavy atom. The molecular weight excluding hydrogens is 385 g/mol. The van der Waals surface area contributed by atoms with Crippen molar-refractivity contribution in [2.75, 3.05) is 23.7 Å². The van der Waals surface area contributed by atoms with Gasteiger partial charge in [-0.3, -0.25) is 4.79 Å². The van der Waals surface area contributed by atoms with Crippen LogP contribution in [0.1, 0.15) is 18.4 Å². The number of alkyl halides is 3. The normalized spacial score (nSPS) is 17.3. The van der Waals surface area contributed by atoms with Gasteiger partial charge in [0.1, 0.15) is 5.56 Å². The molecule has 1 saturated heterocycles. The Bertz CT molecular complexity index is 1030. The van der Waals surface area contributed by atoms with Gasteiger partial charge in [0.25, 0.3) is 0 Å². The van der Waals surface area contributed by atoms with Crippen LogP contribution in [0.5, 0.6) is 0 Å². The lowest BCUT2D eigenvalue weighted by Crippen LogP contribution is -2.38. The highest BCUT2D eigenvalue weighted by Gasteiger charge is 2.36. The standard InChI is InChI=1S/C19H19F3N6O/c20-19(21,22)14-9-25-18(27-11-3-2-6-23-7-11)28-16(14)13-8-24-17-12(13)4-1-5-15(17)26-10-29/h1,4-5,8-11,23-24H,2-3,6-7H2,(H,26,29)(H,25,27,28). The van der Waals surface area contributed by atoms with Crippen LogP contribution < -0.4 is 16.0 Å². The van der Waals surface area contributed by atoms with Crippen molar-refractivity contribution in [2.45, 2.75) is 25.1 Å². The van der Waals surface area contributed by atoms with E-state index in [1.165, 1.54) is 6.20 Å². The summed E-state index contributed by atoms with van der Waals surface area (Å²) in [4.78, 5) is 21.9. The first-order valence-electron chi connectivity index (χ1n) is 9.19. The average molecular weight is 404 g/mol. The van der Waals surface area contributed by atoms with Crippen molar-refractivity contribution in [1.29, 1.82) is 0 Å². The van der Waals surface area contributed by atoms with E-state index in [1.54, 1.807) is 18.2 Å². The molecule has 3 heterocycles. The summed E-state index contributed by atoms with van der Waals surface area (Å²) in [5.41, 5.74) is 0.146. The maximum absolute atomic E-state index is 13.7. The van der Waals surface area contributed by atoms with Gasteiger partial charge in [0.05, 0.1) is 16.9 Å². The molecule has 3 aromatic rings. The van der Waals surface area contributed by atoms with E-state index in [9.17, 15) is 18.0 Å². The van der Waals surface area contributed by atoms with E-state index in [-0.39, 0.29) is 23.2 Å². The van der Waals surface area contributed by atoms with Crippen molar-refractivity contribution >= 4 is 28.9 Å². The molecule has 152 valence electrons. The Hall–Kier alpha value is -3.14. The minimum Gasteiger partial charge on any atom is -0.359 e. The molecule has 10 heteroatoms. The first-order chi connectivity index (χ1) is 14.0. The van der Waals surface area contributed by atoms with Gasteiger partial charge >= 0.3 is 6.18 Å². The Kier molecular flexibility index (Phi) is 5.10. The van der Waals surface area contributed by atoms with Gasteiger partial charge in [-0.2, -0.15) is 13.2 Å². The summed E-state index contributed by atoms with van der Waals surface area (Å²) >= 11 is 0. The fraction of sp³-hybridized carbons (Fsp3) is 0.316. The predicted molar refractivity (Wildman–Crippen MR) is 104 cm³/mol. The van der Waals surface area contributed by atoms with Crippen LogP contribution in [0.4, 0.5) is 24.8 Å². The first-order valence-corrected chi connectivity index (χ1v) is 9.19. The van der Waals surface area contributed by atoms with Crippen molar-refractivity contribution < 1.29 is 18.0 Å². The molecule has 0 radical (unpaired) electrons. The van der Waals surface area contributed by atoms with Crippen LogP contribution in [0, 0.1) is 0 Å². The van der Waals surface area contributed by atoms with Gasteiger partial charge in [-0.15, -0.1) is 0 Å². The van der Waals surface area contributed by atoms with Gasteiger partial charge in [-0.1, -0.05) is 12.1 Å². The number of benzene rings is 1. The van der Waals surface area contributed by atoms with Crippen LogP contribution in [-0.4, -0.2) is 40.5 Å². The molecule has 2 aromatic heterocycles. The monoisotopic (exact) mass is 404 g/mol. The van der Waals surface area contributed by atoms with Crippen LogP contribution in [-0.2, 0) is 11.0 Å². The van der Waals surface area contributed by atoms with E-state index in [0.29, 0.717) is 29.5 Å². The van der Waals surface area contributed by atoms with Crippen molar-refractivity contribution in [3.63, 3.8) is 0 Å². The number of hydrogen-bond donors (Lipinski definition) is 4. The van der Waals surface area contributed by atoms with Gasteiger partial charge < -0.3 is 20.9 Å². The summed E-state index contributed by atoms with van der Waals surface area (Å²) in [5, 5.41) is 9.42. The maximum atomic E-state index is 13.7. The average Bonchev–Trinajstić information content (AvgIpc) is 3.13. The highest BCUT2D eigenvalue weighted by atomic mass is 19.4. The Labute approximate surface area is 164 Å². The van der Waals surface area contributed by atoms with Crippen molar-refractivity contribution in [1.82, 2.24) is 20.3 Å². The zero-order valence-electron chi connectivity index (χ0n) is 15.3. The highest BCUT2D eigenvalue weighted by Crippen LogP contribution is 2.39. The summed E-state index contributed by atoms with van der Waals surface area (Å²) in [6, 6.07) is 5.05. The Balaban J connectivity index is 1.80. The molecule has 1 unspecified atom stereocenters. The molecular formula is C19H19F3N6O. The number of nitrogens with one attached hydrogen (secondary N) is 4. The predicted octanol–water partition coefficient (Wildman–Crippen LogP) is 3.38. The molecule has 0 spiro atoms. The first kappa shape index (κ1) is 19.2. The number of halogens is 3. The fourth-order valence-electron chi connectivity index (χ4n) is 3.56. The van der Waals surface area contributed by atoms with Crippen molar-refractivity contribution in [3.8, 4) is 11.3 Å². The number of aromatic nitrogens is 3. The molecule has 1 aliphatic heterocycles. The summed E-state index contributed by atoms with van der Waals surface area (Å²) in [5.74, 6) is 0.151. The van der Waals surface area contributed by atoms with Crippen molar-refractivity contribution in [3.05, 3.63) is 36.2 Å². The second kappa shape index (κ2) is 7.70. The number of piperidine rings is 1. The number of nitrogens with zero attached hydrogens (tertiary/aromatic N) is 2. The van der Waals surface area contributed by atoms with E-state index >= 15 is 0 Å². The summed E-state index contributed by atoms with van der Waals surface area (Å²) in [6.07, 6.45) is 0.0436.